The van der Waals surface area contributed by atoms with Crippen molar-refractivity contribution in [3.05, 3.63) is 70.4 Å². The molecule has 1 aromatic heterocycles. The van der Waals surface area contributed by atoms with Crippen LogP contribution in [0.1, 0.15) is 12.5 Å². The SMILES string of the molecule is CCOC(=O)C(N)Cc1ccc2[nH]c3cc4ccccc4cc3c(=O)c2c1. The molecule has 0 amide bonds. The Hall–Kier alpha value is -3.18. The number of hydrogen-bond donors (Lipinski definition) is 2. The molecule has 0 aliphatic rings. The first kappa shape index (κ1) is 17.2. The largest absolute Gasteiger partial charge is 0.465 e. The molecule has 27 heavy (non-hydrogen) atoms. The minimum absolute atomic E-state index is 0.0314. The average molecular weight is 360 g/mol. The summed E-state index contributed by atoms with van der Waals surface area (Å²) >= 11 is 0. The van der Waals surface area contributed by atoms with Gasteiger partial charge in [0.05, 0.1) is 12.1 Å². The van der Waals surface area contributed by atoms with Gasteiger partial charge in [0.2, 0.25) is 0 Å². The van der Waals surface area contributed by atoms with Crippen LogP contribution in [0.25, 0.3) is 32.6 Å². The number of aromatic nitrogens is 1. The van der Waals surface area contributed by atoms with E-state index in [0.29, 0.717) is 23.8 Å². The van der Waals surface area contributed by atoms with E-state index in [1.807, 2.05) is 54.6 Å². The lowest BCUT2D eigenvalue weighted by atomic mass is 10.0. The number of benzene rings is 3. The van der Waals surface area contributed by atoms with Gasteiger partial charge in [0.25, 0.3) is 0 Å². The number of ether oxygens (including phenoxy) is 1. The minimum Gasteiger partial charge on any atom is -0.465 e. The topological polar surface area (TPSA) is 85.2 Å². The second-order valence-electron chi connectivity index (χ2n) is 6.64. The Morgan fingerprint density at radius 1 is 1.04 bits per heavy atom. The highest BCUT2D eigenvalue weighted by atomic mass is 16.5. The fourth-order valence-electron chi connectivity index (χ4n) is 3.42. The van der Waals surface area contributed by atoms with E-state index >= 15 is 0 Å². The van der Waals surface area contributed by atoms with Crippen molar-refractivity contribution in [3.8, 4) is 0 Å². The Balaban J connectivity index is 1.82. The number of carbonyl (C=O) groups excluding carboxylic acids is 1. The maximum Gasteiger partial charge on any atom is 0.323 e. The third-order valence-electron chi connectivity index (χ3n) is 4.77. The number of nitrogens with one attached hydrogen (secondary N) is 1. The van der Waals surface area contributed by atoms with Crippen molar-refractivity contribution >= 4 is 38.5 Å². The molecule has 136 valence electrons. The van der Waals surface area contributed by atoms with Gasteiger partial charge in [0.15, 0.2) is 5.43 Å². The maximum atomic E-state index is 13.1. The van der Waals surface area contributed by atoms with Crippen molar-refractivity contribution in [2.75, 3.05) is 6.61 Å². The van der Waals surface area contributed by atoms with Gasteiger partial charge in [-0.15, -0.1) is 0 Å². The zero-order valence-corrected chi connectivity index (χ0v) is 15.0. The predicted octanol–water partition coefficient (Wildman–Crippen LogP) is 3.27. The van der Waals surface area contributed by atoms with Crippen LogP contribution in [-0.2, 0) is 16.0 Å². The number of pyridine rings is 1. The van der Waals surface area contributed by atoms with Crippen molar-refractivity contribution < 1.29 is 9.53 Å². The fraction of sp³-hybridized carbons (Fsp3) is 0.182. The van der Waals surface area contributed by atoms with Crippen LogP contribution in [0.5, 0.6) is 0 Å². The average Bonchev–Trinajstić information content (AvgIpc) is 2.67. The normalized spacial score (nSPS) is 12.5. The molecule has 5 nitrogen and oxygen atoms in total. The van der Waals surface area contributed by atoms with Crippen LogP contribution in [-0.4, -0.2) is 23.6 Å². The molecular weight excluding hydrogens is 340 g/mol. The maximum absolute atomic E-state index is 13.1. The summed E-state index contributed by atoms with van der Waals surface area (Å²) in [6.45, 7) is 2.04. The number of hydrogen-bond acceptors (Lipinski definition) is 4. The molecule has 1 heterocycles. The zero-order valence-electron chi connectivity index (χ0n) is 15.0. The van der Waals surface area contributed by atoms with Gasteiger partial charge in [-0.1, -0.05) is 30.3 Å². The number of nitrogens with two attached hydrogens (primary N) is 1. The number of fused-ring (bicyclic) bond motifs is 3. The summed E-state index contributed by atoms with van der Waals surface area (Å²) in [4.78, 5) is 28.2. The van der Waals surface area contributed by atoms with E-state index in [1.54, 1.807) is 6.92 Å². The minimum atomic E-state index is -0.745. The van der Waals surface area contributed by atoms with Gasteiger partial charge in [-0.05, 0) is 53.9 Å². The third-order valence-corrected chi connectivity index (χ3v) is 4.77. The van der Waals surface area contributed by atoms with Gasteiger partial charge in [0.1, 0.15) is 6.04 Å². The Labute approximate surface area is 155 Å². The van der Waals surface area contributed by atoms with Gasteiger partial charge in [-0.25, -0.2) is 0 Å². The molecule has 0 spiro atoms. The van der Waals surface area contributed by atoms with Gasteiger partial charge < -0.3 is 15.5 Å². The molecule has 5 heteroatoms. The van der Waals surface area contributed by atoms with Crippen LogP contribution < -0.4 is 11.2 Å². The first-order valence-electron chi connectivity index (χ1n) is 8.96. The number of esters is 1. The van der Waals surface area contributed by atoms with Crippen LogP contribution in [0.2, 0.25) is 0 Å². The smallest absolute Gasteiger partial charge is 0.323 e. The fourth-order valence-corrected chi connectivity index (χ4v) is 3.42. The van der Waals surface area contributed by atoms with Crippen molar-refractivity contribution in [2.45, 2.75) is 19.4 Å². The molecule has 1 atom stereocenters. The molecule has 1 unspecified atom stereocenters. The lowest BCUT2D eigenvalue weighted by molar-refractivity contribution is -0.144. The van der Waals surface area contributed by atoms with Crippen molar-refractivity contribution in [3.63, 3.8) is 0 Å². The monoisotopic (exact) mass is 360 g/mol. The molecule has 4 aromatic rings. The molecule has 0 bridgehead atoms. The van der Waals surface area contributed by atoms with E-state index in [0.717, 1.165) is 27.4 Å². The second kappa shape index (κ2) is 6.85. The van der Waals surface area contributed by atoms with E-state index in [2.05, 4.69) is 4.98 Å². The number of H-pyrrole nitrogens is 1. The number of carbonyl (C=O) groups is 1. The van der Waals surface area contributed by atoms with E-state index in [-0.39, 0.29) is 5.43 Å². The molecule has 0 saturated carbocycles. The van der Waals surface area contributed by atoms with Crippen molar-refractivity contribution in [2.24, 2.45) is 5.73 Å². The first-order chi connectivity index (χ1) is 13.1. The molecule has 3 aromatic carbocycles. The van der Waals surface area contributed by atoms with Gasteiger partial charge in [-0.3, -0.25) is 9.59 Å². The summed E-state index contributed by atoms with van der Waals surface area (Å²) in [5.74, 6) is -0.434. The van der Waals surface area contributed by atoms with Crippen molar-refractivity contribution in [1.82, 2.24) is 4.98 Å². The van der Waals surface area contributed by atoms with Gasteiger partial charge in [0, 0.05) is 16.3 Å². The summed E-state index contributed by atoms with van der Waals surface area (Å²) in [7, 11) is 0. The van der Waals surface area contributed by atoms with Crippen LogP contribution in [0.3, 0.4) is 0 Å². The lowest BCUT2D eigenvalue weighted by Gasteiger charge is -2.11. The van der Waals surface area contributed by atoms with E-state index in [4.69, 9.17) is 10.5 Å². The van der Waals surface area contributed by atoms with E-state index in [1.165, 1.54) is 0 Å². The molecule has 3 N–H and O–H groups in total. The Morgan fingerprint density at radius 3 is 2.48 bits per heavy atom. The summed E-state index contributed by atoms with van der Waals surface area (Å²) in [6, 6.07) is 16.7. The predicted molar refractivity (Wildman–Crippen MR) is 108 cm³/mol. The molecule has 0 aliphatic carbocycles. The lowest BCUT2D eigenvalue weighted by Crippen LogP contribution is -2.34. The highest BCUT2D eigenvalue weighted by Gasteiger charge is 2.16. The Kier molecular flexibility index (Phi) is 4.38. The number of rotatable bonds is 4. The highest BCUT2D eigenvalue weighted by Crippen LogP contribution is 2.22. The van der Waals surface area contributed by atoms with Crippen LogP contribution >= 0.6 is 0 Å². The molecule has 0 aliphatic heterocycles. The summed E-state index contributed by atoms with van der Waals surface area (Å²) < 4.78 is 4.95. The summed E-state index contributed by atoms with van der Waals surface area (Å²) in [5, 5.41) is 3.34. The Morgan fingerprint density at radius 2 is 1.74 bits per heavy atom. The first-order valence-corrected chi connectivity index (χ1v) is 8.96. The quantitative estimate of drug-likeness (QED) is 0.432. The van der Waals surface area contributed by atoms with E-state index in [9.17, 15) is 9.59 Å². The summed E-state index contributed by atoms with van der Waals surface area (Å²) in [6.07, 6.45) is 0.323. The Bertz CT molecular complexity index is 1230. The molecule has 0 radical (unpaired) electrons. The molecular formula is C22H20N2O3. The van der Waals surface area contributed by atoms with Crippen LogP contribution in [0.15, 0.2) is 59.4 Å². The third kappa shape index (κ3) is 3.17. The number of aromatic amines is 1. The standard InChI is InChI=1S/C22H20N2O3/c1-2-27-22(26)18(23)10-13-7-8-19-16(9-13)21(25)17-11-14-5-3-4-6-15(14)12-20(17)24-19/h3-9,11-12,18H,2,10,23H2,1H3,(H,24,25). The summed E-state index contributed by atoms with van der Waals surface area (Å²) in [5.41, 5.74) is 8.27. The molecule has 0 saturated heterocycles. The van der Waals surface area contributed by atoms with Crippen LogP contribution in [0, 0.1) is 0 Å². The highest BCUT2D eigenvalue weighted by molar-refractivity contribution is 6.00. The van der Waals surface area contributed by atoms with Crippen molar-refractivity contribution in [1.29, 1.82) is 0 Å². The molecule has 0 fully saturated rings. The van der Waals surface area contributed by atoms with Crippen LogP contribution in [0.4, 0.5) is 0 Å². The zero-order chi connectivity index (χ0) is 19.0. The van der Waals surface area contributed by atoms with Gasteiger partial charge >= 0.3 is 5.97 Å². The van der Waals surface area contributed by atoms with E-state index < -0.39 is 12.0 Å². The van der Waals surface area contributed by atoms with Gasteiger partial charge in [-0.2, -0.15) is 0 Å². The second-order valence-corrected chi connectivity index (χ2v) is 6.64. The molecule has 4 rings (SSSR count).